The largest absolute Gasteiger partial charge is 0.427 e. The average molecular weight is 254 g/mol. The molecule has 0 bridgehead atoms. The lowest BCUT2D eigenvalue weighted by atomic mass is 10.2. The zero-order valence-electron chi connectivity index (χ0n) is 10.8. The van der Waals surface area contributed by atoms with Gasteiger partial charge in [0, 0.05) is 19.6 Å². The number of hydrogen-bond acceptors (Lipinski definition) is 5. The SMILES string of the molecule is CC(=O)Oc1ccc(C=O)cc1.COC(C)CO. The van der Waals surface area contributed by atoms with Crippen molar-refractivity contribution in [3.05, 3.63) is 29.8 Å². The molecule has 1 atom stereocenters. The number of hydrogen-bond donors (Lipinski definition) is 1. The first-order chi connectivity index (χ1) is 8.53. The maximum atomic E-state index is 10.5. The van der Waals surface area contributed by atoms with Crippen molar-refractivity contribution in [1.82, 2.24) is 0 Å². The van der Waals surface area contributed by atoms with E-state index in [2.05, 4.69) is 4.74 Å². The number of aliphatic hydroxyl groups excluding tert-OH is 1. The van der Waals surface area contributed by atoms with E-state index in [-0.39, 0.29) is 18.7 Å². The van der Waals surface area contributed by atoms with Crippen LogP contribution in [0, 0.1) is 0 Å². The van der Waals surface area contributed by atoms with E-state index in [1.807, 2.05) is 0 Å². The molecule has 0 aromatic heterocycles. The molecule has 100 valence electrons. The first kappa shape index (κ1) is 16.3. The average Bonchev–Trinajstić information content (AvgIpc) is 2.38. The van der Waals surface area contributed by atoms with Gasteiger partial charge in [-0.15, -0.1) is 0 Å². The molecule has 0 aliphatic rings. The van der Waals surface area contributed by atoms with Crippen LogP contribution in [-0.2, 0) is 9.53 Å². The maximum Gasteiger partial charge on any atom is 0.308 e. The van der Waals surface area contributed by atoms with E-state index in [9.17, 15) is 9.59 Å². The van der Waals surface area contributed by atoms with Crippen LogP contribution in [0.4, 0.5) is 0 Å². The lowest BCUT2D eigenvalue weighted by molar-refractivity contribution is -0.131. The Morgan fingerprint density at radius 2 is 1.94 bits per heavy atom. The second kappa shape index (κ2) is 9.32. The van der Waals surface area contributed by atoms with E-state index >= 15 is 0 Å². The number of ether oxygens (including phenoxy) is 2. The van der Waals surface area contributed by atoms with E-state index in [4.69, 9.17) is 9.84 Å². The highest BCUT2D eigenvalue weighted by Crippen LogP contribution is 2.10. The quantitative estimate of drug-likeness (QED) is 0.500. The summed E-state index contributed by atoms with van der Waals surface area (Å²) in [5.74, 6) is 0.0851. The van der Waals surface area contributed by atoms with Gasteiger partial charge in [0.2, 0.25) is 0 Å². The minimum Gasteiger partial charge on any atom is -0.427 e. The third-order valence-corrected chi connectivity index (χ3v) is 1.94. The second-order valence-electron chi connectivity index (χ2n) is 3.51. The molecule has 0 saturated carbocycles. The van der Waals surface area contributed by atoms with Gasteiger partial charge in [-0.05, 0) is 31.2 Å². The summed E-state index contributed by atoms with van der Waals surface area (Å²) in [5.41, 5.74) is 0.561. The van der Waals surface area contributed by atoms with Crippen molar-refractivity contribution in [1.29, 1.82) is 0 Å². The number of rotatable bonds is 4. The highest BCUT2D eigenvalue weighted by atomic mass is 16.5. The van der Waals surface area contributed by atoms with Gasteiger partial charge in [0.25, 0.3) is 0 Å². The number of esters is 1. The Morgan fingerprint density at radius 1 is 1.39 bits per heavy atom. The Hall–Kier alpha value is -1.72. The Balaban J connectivity index is 0.000000411. The molecule has 1 unspecified atom stereocenters. The van der Waals surface area contributed by atoms with Crippen LogP contribution in [0.15, 0.2) is 24.3 Å². The van der Waals surface area contributed by atoms with E-state index in [0.29, 0.717) is 11.3 Å². The lowest BCUT2D eigenvalue weighted by Gasteiger charge is -2.00. The molecule has 5 heteroatoms. The normalized spacial score (nSPS) is 10.9. The van der Waals surface area contributed by atoms with Gasteiger partial charge >= 0.3 is 5.97 Å². The van der Waals surface area contributed by atoms with Crippen molar-refractivity contribution < 1.29 is 24.2 Å². The fraction of sp³-hybridized carbons (Fsp3) is 0.385. The van der Waals surface area contributed by atoms with Crippen LogP contribution in [0.25, 0.3) is 0 Å². The first-order valence-corrected chi connectivity index (χ1v) is 5.40. The highest BCUT2D eigenvalue weighted by Gasteiger charge is 1.96. The van der Waals surface area contributed by atoms with Gasteiger partial charge in [-0.25, -0.2) is 0 Å². The van der Waals surface area contributed by atoms with Crippen LogP contribution in [-0.4, -0.2) is 37.2 Å². The van der Waals surface area contributed by atoms with E-state index in [1.165, 1.54) is 6.92 Å². The van der Waals surface area contributed by atoms with Crippen LogP contribution in [0.3, 0.4) is 0 Å². The summed E-state index contributed by atoms with van der Waals surface area (Å²) in [7, 11) is 1.57. The number of aldehydes is 1. The molecule has 0 fully saturated rings. The fourth-order valence-corrected chi connectivity index (χ4v) is 0.855. The van der Waals surface area contributed by atoms with Crippen LogP contribution in [0.1, 0.15) is 24.2 Å². The molecule has 0 saturated heterocycles. The minimum atomic E-state index is -0.367. The van der Waals surface area contributed by atoms with Crippen molar-refractivity contribution >= 4 is 12.3 Å². The van der Waals surface area contributed by atoms with Crippen LogP contribution >= 0.6 is 0 Å². The van der Waals surface area contributed by atoms with Gasteiger partial charge < -0.3 is 14.6 Å². The van der Waals surface area contributed by atoms with Gasteiger partial charge in [0.1, 0.15) is 12.0 Å². The van der Waals surface area contributed by atoms with Crippen molar-refractivity contribution in [3.8, 4) is 5.75 Å². The van der Waals surface area contributed by atoms with Gasteiger partial charge in [-0.2, -0.15) is 0 Å². The van der Waals surface area contributed by atoms with Crippen LogP contribution < -0.4 is 4.74 Å². The highest BCUT2D eigenvalue weighted by molar-refractivity contribution is 5.75. The van der Waals surface area contributed by atoms with Gasteiger partial charge in [-0.1, -0.05) is 0 Å². The van der Waals surface area contributed by atoms with Gasteiger partial charge in [0.05, 0.1) is 12.7 Å². The molecular formula is C13H18O5. The Bertz CT molecular complexity index is 354. The molecule has 1 aromatic rings. The second-order valence-corrected chi connectivity index (χ2v) is 3.51. The van der Waals surface area contributed by atoms with Crippen molar-refractivity contribution in [2.75, 3.05) is 13.7 Å². The molecule has 5 nitrogen and oxygen atoms in total. The Morgan fingerprint density at radius 3 is 2.22 bits per heavy atom. The molecule has 0 amide bonds. The summed E-state index contributed by atoms with van der Waals surface area (Å²) < 4.78 is 9.41. The smallest absolute Gasteiger partial charge is 0.308 e. The predicted molar refractivity (Wildman–Crippen MR) is 66.7 cm³/mol. The van der Waals surface area contributed by atoms with Crippen LogP contribution in [0.5, 0.6) is 5.75 Å². The number of methoxy groups -OCH3 is 1. The summed E-state index contributed by atoms with van der Waals surface area (Å²) in [4.78, 5) is 20.7. The zero-order valence-corrected chi connectivity index (χ0v) is 10.8. The molecule has 1 rings (SSSR count). The lowest BCUT2D eigenvalue weighted by Crippen LogP contribution is -2.08. The standard InChI is InChI=1S/C9H8O3.C4H10O2/c1-7(11)12-9-4-2-8(6-10)3-5-9;1-4(3-5)6-2/h2-6H,1H3;4-5H,3H2,1-2H3. The molecule has 0 heterocycles. The van der Waals surface area contributed by atoms with E-state index in [0.717, 1.165) is 6.29 Å². The zero-order chi connectivity index (χ0) is 14.0. The monoisotopic (exact) mass is 254 g/mol. The molecule has 0 radical (unpaired) electrons. The molecule has 1 aromatic carbocycles. The number of carbonyl (C=O) groups excluding carboxylic acids is 2. The molecular weight excluding hydrogens is 236 g/mol. The summed E-state index contributed by atoms with van der Waals surface area (Å²) in [6.45, 7) is 3.24. The van der Waals surface area contributed by atoms with Gasteiger partial charge in [-0.3, -0.25) is 9.59 Å². The molecule has 0 spiro atoms. The van der Waals surface area contributed by atoms with Gasteiger partial charge in [0.15, 0.2) is 0 Å². The topological polar surface area (TPSA) is 72.8 Å². The molecule has 0 aliphatic carbocycles. The van der Waals surface area contributed by atoms with Crippen molar-refractivity contribution in [2.24, 2.45) is 0 Å². The third-order valence-electron chi connectivity index (χ3n) is 1.94. The first-order valence-electron chi connectivity index (χ1n) is 5.40. The number of carbonyl (C=O) groups is 2. The number of benzene rings is 1. The molecule has 18 heavy (non-hydrogen) atoms. The summed E-state index contributed by atoms with van der Waals surface area (Å²) in [6, 6.07) is 6.33. The summed E-state index contributed by atoms with van der Waals surface area (Å²) >= 11 is 0. The predicted octanol–water partition coefficient (Wildman–Crippen LogP) is 1.44. The Labute approximate surface area is 106 Å². The minimum absolute atomic E-state index is 0.00926. The summed E-state index contributed by atoms with van der Waals surface area (Å²) in [5, 5.41) is 8.21. The third kappa shape index (κ3) is 7.54. The number of aliphatic hydroxyl groups is 1. The summed E-state index contributed by atoms with van der Waals surface area (Å²) in [6.07, 6.45) is 0.724. The Kier molecular flexibility index (Phi) is 8.43. The van der Waals surface area contributed by atoms with E-state index in [1.54, 1.807) is 38.3 Å². The molecule has 1 N–H and O–H groups in total. The fourth-order valence-electron chi connectivity index (χ4n) is 0.855. The molecule has 0 aliphatic heterocycles. The van der Waals surface area contributed by atoms with Crippen molar-refractivity contribution in [2.45, 2.75) is 20.0 Å². The van der Waals surface area contributed by atoms with Crippen LogP contribution in [0.2, 0.25) is 0 Å². The maximum absolute atomic E-state index is 10.5. The van der Waals surface area contributed by atoms with E-state index < -0.39 is 0 Å². The van der Waals surface area contributed by atoms with Crippen molar-refractivity contribution in [3.63, 3.8) is 0 Å².